The summed E-state index contributed by atoms with van der Waals surface area (Å²) in [5.74, 6) is -2.30. The van der Waals surface area contributed by atoms with Crippen LogP contribution in [0.25, 0.3) is 0 Å². The van der Waals surface area contributed by atoms with Gasteiger partial charge in [-0.1, -0.05) is 387 Å². The van der Waals surface area contributed by atoms with Crippen molar-refractivity contribution in [3.63, 3.8) is 0 Å². The number of hydrogen-bond acceptors (Lipinski definition) is 10. The van der Waals surface area contributed by atoms with Crippen LogP contribution in [0, 0.1) is 0 Å². The summed E-state index contributed by atoms with van der Waals surface area (Å²) in [6.07, 6.45) is 86.5. The Bertz CT molecular complexity index is 1650. The zero-order valence-corrected chi connectivity index (χ0v) is 68.8. The lowest BCUT2D eigenvalue weighted by Gasteiger charge is -2.14. The lowest BCUT2D eigenvalue weighted by atomic mass is 10.0. The van der Waals surface area contributed by atoms with Gasteiger partial charge in [0.05, 0.1) is 12.8 Å². The second kappa shape index (κ2) is 91.0. The van der Waals surface area contributed by atoms with Crippen LogP contribution in [0.15, 0.2) is 0 Å². The molecule has 0 fully saturated rings. The Balaban J connectivity index is 0. The number of hydrogen-bond donors (Lipinski definition) is 10. The van der Waals surface area contributed by atoms with E-state index in [9.17, 15) is 29.4 Å². The molecule has 0 spiro atoms. The molecule has 0 aliphatic rings. The maximum absolute atomic E-state index is 12.4. The topological polar surface area (TPSA) is 205 Å². The van der Waals surface area contributed by atoms with Gasteiger partial charge >= 0.3 is 11.9 Å². The first-order valence-corrected chi connectivity index (χ1v) is 45.5. The third-order valence-corrected chi connectivity index (χ3v) is 20.8. The Morgan fingerprint density at radius 3 is 0.510 bits per heavy atom. The zero-order chi connectivity index (χ0) is 74.3. The molecule has 0 unspecified atom stereocenters. The van der Waals surface area contributed by atoms with E-state index in [1.807, 2.05) is 0 Å². The second-order valence-corrected chi connectivity index (χ2v) is 31.0. The van der Waals surface area contributed by atoms with Gasteiger partial charge in [0.25, 0.3) is 0 Å². The maximum atomic E-state index is 12.4. The maximum Gasteiger partial charge on any atom is 0.321 e. The summed E-state index contributed by atoms with van der Waals surface area (Å²) in [5.41, 5.74) is 0. The van der Waals surface area contributed by atoms with Gasteiger partial charge in [0.2, 0.25) is 11.8 Å². The molecule has 0 rings (SSSR count). The van der Waals surface area contributed by atoms with Gasteiger partial charge in [-0.05, 0) is 117 Å². The Labute approximate surface area is 634 Å². The predicted octanol–water partition coefficient (Wildman–Crippen LogP) is 22.5. The summed E-state index contributed by atoms with van der Waals surface area (Å²) in [7, 11) is 0. The molecule has 14 heteroatoms. The fourth-order valence-electron chi connectivity index (χ4n) is 13.9. The first-order valence-electron chi connectivity index (χ1n) is 45.5. The highest BCUT2D eigenvalue weighted by Crippen LogP contribution is 2.18. The fraction of sp³-hybridized carbons (Fsp3) is 0.955. The number of amides is 2. The minimum absolute atomic E-state index is 0.0189. The van der Waals surface area contributed by atoms with Crippen molar-refractivity contribution in [2.24, 2.45) is 0 Å². The van der Waals surface area contributed by atoms with Crippen LogP contribution in [-0.4, -0.2) is 125 Å². The van der Waals surface area contributed by atoms with Crippen LogP contribution in [-0.2, 0) is 19.2 Å². The van der Waals surface area contributed by atoms with Crippen LogP contribution in [0.5, 0.6) is 0 Å². The van der Waals surface area contributed by atoms with Crippen molar-refractivity contribution in [2.75, 3.05) is 78.5 Å². The molecule has 2 amide bonds. The molecule has 0 radical (unpaired) electrons. The summed E-state index contributed by atoms with van der Waals surface area (Å²) in [6, 6.07) is -1.66. The molecule has 0 saturated carbocycles. The Morgan fingerprint density at radius 1 is 0.196 bits per heavy atom. The van der Waals surface area contributed by atoms with Gasteiger partial charge in [0, 0.05) is 13.1 Å². The van der Waals surface area contributed by atoms with E-state index in [1.54, 1.807) is 0 Å². The molecule has 0 aromatic heterocycles. The minimum Gasteiger partial charge on any atom is -0.480 e. The van der Waals surface area contributed by atoms with E-state index >= 15 is 0 Å². The second-order valence-electron chi connectivity index (χ2n) is 31.0. The summed E-state index contributed by atoms with van der Waals surface area (Å²) < 4.78 is 0. The number of unbranched alkanes of at least 4 members (excludes halogenated alkanes) is 56. The molecule has 102 heavy (non-hydrogen) atoms. The summed E-state index contributed by atoms with van der Waals surface area (Å²) >= 11 is 0. The van der Waals surface area contributed by atoms with E-state index in [1.165, 1.54) is 385 Å². The number of carbonyl (C=O) groups is 4. The molecule has 0 aliphatic carbocycles. The van der Waals surface area contributed by atoms with Gasteiger partial charge in [-0.15, -0.1) is 0 Å². The van der Waals surface area contributed by atoms with Crippen molar-refractivity contribution < 1.29 is 29.4 Å². The van der Waals surface area contributed by atoms with Gasteiger partial charge in [-0.2, -0.15) is 0 Å². The molecule has 608 valence electrons. The van der Waals surface area contributed by atoms with Crippen molar-refractivity contribution >= 4 is 23.8 Å². The SMILES string of the molecule is CCCCCCCCCCCCCCCCCCCCCCNCCCNC(=O)C[C@H](NCCCNCCCCCCCCCCCCCCCCCCCCCC)C(=O)O.CCCCCCCCCCCCNCCCNC(=O)C[C@H](NCCCNCCCCCCCCCCCC)C(=O)O. The van der Waals surface area contributed by atoms with Gasteiger partial charge in [0.15, 0.2) is 0 Å². The summed E-state index contributed by atoms with van der Waals surface area (Å²) in [6.45, 7) is 19.1. The summed E-state index contributed by atoms with van der Waals surface area (Å²) in [4.78, 5) is 47.9. The Hall–Kier alpha value is -2.36. The molecule has 0 bridgehead atoms. The fourth-order valence-corrected chi connectivity index (χ4v) is 13.9. The lowest BCUT2D eigenvalue weighted by molar-refractivity contribution is -0.142. The van der Waals surface area contributed by atoms with Crippen LogP contribution < -0.4 is 42.5 Å². The molecule has 14 nitrogen and oxygen atoms in total. The molecular weight excluding hydrogens is 1270 g/mol. The average Bonchev–Trinajstić information content (AvgIpc) is 1.06. The smallest absolute Gasteiger partial charge is 0.321 e. The van der Waals surface area contributed by atoms with Crippen LogP contribution in [0.2, 0.25) is 0 Å². The predicted molar refractivity (Wildman–Crippen MR) is 444 cm³/mol. The van der Waals surface area contributed by atoms with E-state index < -0.39 is 24.0 Å². The van der Waals surface area contributed by atoms with Crippen molar-refractivity contribution in [3.05, 3.63) is 0 Å². The van der Waals surface area contributed by atoms with Crippen molar-refractivity contribution in [2.45, 2.75) is 464 Å². The number of carboxylic acid groups (broad SMARTS) is 2. The van der Waals surface area contributed by atoms with Gasteiger partial charge in [0.1, 0.15) is 12.1 Å². The normalized spacial score (nSPS) is 12.0. The zero-order valence-electron chi connectivity index (χ0n) is 68.8. The van der Waals surface area contributed by atoms with E-state index in [0.29, 0.717) is 26.2 Å². The monoisotopic (exact) mass is 1450 g/mol. The first kappa shape index (κ1) is 102. The molecule has 10 N–H and O–H groups in total. The molecule has 0 saturated heterocycles. The average molecular weight is 1450 g/mol. The Morgan fingerprint density at radius 2 is 0.343 bits per heavy atom. The standard InChI is InChI=1S/C54H110N4O3.C34H70N4O3/c1-3-5-7-9-11-13-15-17-19-21-23-25-27-29-31-33-35-37-39-41-45-55-47-43-49-57-52(54(60)61)51-53(59)58-50-44-48-56-46-42-40-38-36-34-32-30-28-26-24-22-20-18-16-14-12-10-8-6-4-2;1-3-5-7-9-11-13-15-17-19-21-25-35-27-23-29-37-32(34(40)41)31-33(39)38-30-24-28-36-26-22-20-18-16-14-12-10-8-6-4-2/h52,55-57H,3-51H2,1-2H3,(H,58,59)(H,60,61);32,35-37H,3-31H2,1-2H3,(H,38,39)(H,40,41)/t52-;32-/m00/s1. The van der Waals surface area contributed by atoms with Crippen molar-refractivity contribution in [3.8, 4) is 0 Å². The van der Waals surface area contributed by atoms with Crippen LogP contribution in [0.3, 0.4) is 0 Å². The number of carbonyl (C=O) groups excluding carboxylic acids is 2. The van der Waals surface area contributed by atoms with Gasteiger partial charge in [-0.25, -0.2) is 0 Å². The van der Waals surface area contributed by atoms with Crippen molar-refractivity contribution in [1.82, 2.24) is 42.5 Å². The molecule has 0 aromatic rings. The van der Waals surface area contributed by atoms with E-state index in [0.717, 1.165) is 78.0 Å². The number of carboxylic acids is 2. The van der Waals surface area contributed by atoms with E-state index in [2.05, 4.69) is 70.2 Å². The van der Waals surface area contributed by atoms with Crippen molar-refractivity contribution in [1.29, 1.82) is 0 Å². The van der Waals surface area contributed by atoms with Crippen LogP contribution in [0.1, 0.15) is 451 Å². The largest absolute Gasteiger partial charge is 0.480 e. The van der Waals surface area contributed by atoms with E-state index in [-0.39, 0.29) is 24.7 Å². The summed E-state index contributed by atoms with van der Waals surface area (Å²) in [5, 5.41) is 44.9. The molecule has 0 aliphatic heterocycles. The van der Waals surface area contributed by atoms with Gasteiger partial charge in [-0.3, -0.25) is 19.2 Å². The first-order chi connectivity index (χ1) is 50.2. The Kier molecular flexibility index (Phi) is 90.8. The highest BCUT2D eigenvalue weighted by molar-refractivity contribution is 5.85. The third kappa shape index (κ3) is 88.3. The van der Waals surface area contributed by atoms with E-state index in [4.69, 9.17) is 0 Å². The molecular formula is C88H180N8O6. The highest BCUT2D eigenvalue weighted by Gasteiger charge is 2.21. The minimum atomic E-state index is -0.961. The van der Waals surface area contributed by atoms with Gasteiger partial charge < -0.3 is 52.7 Å². The van der Waals surface area contributed by atoms with Crippen LogP contribution in [0.4, 0.5) is 0 Å². The number of rotatable bonds is 88. The quantitative estimate of drug-likeness (QED) is 0.0258. The number of nitrogens with one attached hydrogen (secondary N) is 8. The lowest BCUT2D eigenvalue weighted by Crippen LogP contribution is -2.42. The number of aliphatic carboxylic acids is 2. The molecule has 0 aromatic carbocycles. The highest BCUT2D eigenvalue weighted by atomic mass is 16.4. The van der Waals surface area contributed by atoms with Crippen LogP contribution >= 0.6 is 0 Å². The molecule has 0 heterocycles. The molecule has 2 atom stereocenters. The third-order valence-electron chi connectivity index (χ3n) is 20.8.